The summed E-state index contributed by atoms with van der Waals surface area (Å²) < 4.78 is 40.9. The van der Waals surface area contributed by atoms with Crippen LogP contribution in [0.15, 0.2) is 59.5 Å². The normalized spacial score (nSPS) is 17.0. The molecule has 116 valence electrons. The first-order valence-corrected chi connectivity index (χ1v) is 8.82. The zero-order chi connectivity index (χ0) is 15.6. The van der Waals surface area contributed by atoms with Crippen LogP contribution in [0.3, 0.4) is 0 Å². The number of halogens is 1. The lowest BCUT2D eigenvalue weighted by Crippen LogP contribution is -2.45. The van der Waals surface area contributed by atoms with Gasteiger partial charge in [0, 0.05) is 12.0 Å². The van der Waals surface area contributed by atoms with Crippen LogP contribution in [0.1, 0.15) is 24.8 Å². The molecule has 1 fully saturated rings. The van der Waals surface area contributed by atoms with Gasteiger partial charge >= 0.3 is 0 Å². The fraction of sp³-hybridized carbons (Fsp3) is 0.294. The first-order valence-electron chi connectivity index (χ1n) is 7.33. The Morgan fingerprint density at radius 1 is 1.00 bits per heavy atom. The predicted octanol–water partition coefficient (Wildman–Crippen LogP) is 3.23. The lowest BCUT2D eigenvalue weighted by molar-refractivity contribution is 0.245. The van der Waals surface area contributed by atoms with Crippen molar-refractivity contribution in [2.45, 2.75) is 29.6 Å². The molecule has 1 saturated carbocycles. The highest BCUT2D eigenvalue weighted by Crippen LogP contribution is 2.43. The second-order valence-electron chi connectivity index (χ2n) is 5.75. The molecule has 1 aliphatic carbocycles. The molecule has 2 aromatic rings. The van der Waals surface area contributed by atoms with Gasteiger partial charge in [0.05, 0.1) is 0 Å². The molecule has 0 radical (unpaired) electrons. The van der Waals surface area contributed by atoms with Crippen LogP contribution in [0.2, 0.25) is 0 Å². The molecule has 0 saturated heterocycles. The minimum absolute atomic E-state index is 0.167. The van der Waals surface area contributed by atoms with Crippen LogP contribution in [-0.4, -0.2) is 15.0 Å². The van der Waals surface area contributed by atoms with Gasteiger partial charge in [0.1, 0.15) is 10.7 Å². The van der Waals surface area contributed by atoms with E-state index in [1.165, 1.54) is 18.2 Å². The van der Waals surface area contributed by atoms with Crippen LogP contribution in [0.5, 0.6) is 0 Å². The zero-order valence-corrected chi connectivity index (χ0v) is 12.9. The molecule has 5 heteroatoms. The van der Waals surface area contributed by atoms with E-state index in [4.69, 9.17) is 0 Å². The van der Waals surface area contributed by atoms with Gasteiger partial charge in [0.2, 0.25) is 10.0 Å². The average Bonchev–Trinajstić information content (AvgIpc) is 2.47. The SMILES string of the molecule is O=S(=O)(NCC1(c2ccccc2)CCC1)c1ccccc1F. The first-order chi connectivity index (χ1) is 10.5. The van der Waals surface area contributed by atoms with Crippen LogP contribution >= 0.6 is 0 Å². The predicted molar refractivity (Wildman–Crippen MR) is 83.6 cm³/mol. The number of benzene rings is 2. The molecule has 0 amide bonds. The van der Waals surface area contributed by atoms with Crippen molar-refractivity contribution in [3.8, 4) is 0 Å². The van der Waals surface area contributed by atoms with E-state index in [0.29, 0.717) is 6.54 Å². The Bertz CT molecular complexity index is 755. The van der Waals surface area contributed by atoms with E-state index in [9.17, 15) is 12.8 Å². The average molecular weight is 319 g/mol. The second kappa shape index (κ2) is 5.82. The molecule has 0 heterocycles. The van der Waals surface area contributed by atoms with Crippen molar-refractivity contribution >= 4 is 10.0 Å². The van der Waals surface area contributed by atoms with E-state index in [1.54, 1.807) is 0 Å². The fourth-order valence-corrected chi connectivity index (χ4v) is 4.14. The molecule has 0 aliphatic heterocycles. The summed E-state index contributed by atoms with van der Waals surface area (Å²) in [6.07, 6.45) is 2.96. The smallest absolute Gasteiger partial charge is 0.210 e. The van der Waals surface area contributed by atoms with Crippen molar-refractivity contribution in [2.24, 2.45) is 0 Å². The van der Waals surface area contributed by atoms with Crippen molar-refractivity contribution in [2.75, 3.05) is 6.54 Å². The third-order valence-corrected chi connectivity index (χ3v) is 5.86. The third kappa shape index (κ3) is 2.78. The Balaban J connectivity index is 1.81. The lowest BCUT2D eigenvalue weighted by Gasteiger charge is -2.42. The summed E-state index contributed by atoms with van der Waals surface area (Å²) in [5, 5.41) is 0. The molecule has 1 N–H and O–H groups in total. The quantitative estimate of drug-likeness (QED) is 0.920. The Hall–Kier alpha value is -1.72. The molecule has 0 atom stereocenters. The van der Waals surface area contributed by atoms with Gasteiger partial charge in [0.25, 0.3) is 0 Å². The Kier molecular flexibility index (Phi) is 4.02. The molecule has 3 rings (SSSR count). The van der Waals surface area contributed by atoms with Crippen molar-refractivity contribution in [3.05, 3.63) is 66.0 Å². The summed E-state index contributed by atoms with van der Waals surface area (Å²) in [5.74, 6) is -0.725. The summed E-state index contributed by atoms with van der Waals surface area (Å²) in [6.45, 7) is 0.299. The highest BCUT2D eigenvalue weighted by molar-refractivity contribution is 7.89. The number of sulfonamides is 1. The van der Waals surface area contributed by atoms with E-state index in [-0.39, 0.29) is 10.3 Å². The van der Waals surface area contributed by atoms with Crippen LogP contribution in [0.4, 0.5) is 4.39 Å². The molecule has 0 unspecified atom stereocenters. The molecule has 0 spiro atoms. The Morgan fingerprint density at radius 3 is 2.23 bits per heavy atom. The second-order valence-corrected chi connectivity index (χ2v) is 7.49. The van der Waals surface area contributed by atoms with Gasteiger partial charge in [-0.1, -0.05) is 48.9 Å². The molecule has 22 heavy (non-hydrogen) atoms. The summed E-state index contributed by atoms with van der Waals surface area (Å²) in [4.78, 5) is -0.294. The van der Waals surface area contributed by atoms with Crippen molar-refractivity contribution in [3.63, 3.8) is 0 Å². The maximum Gasteiger partial charge on any atom is 0.243 e. The first kappa shape index (κ1) is 15.2. The van der Waals surface area contributed by atoms with E-state index >= 15 is 0 Å². The summed E-state index contributed by atoms with van der Waals surface area (Å²) in [6, 6.07) is 15.4. The van der Waals surface area contributed by atoms with E-state index < -0.39 is 15.8 Å². The molecule has 2 aromatic carbocycles. The number of nitrogens with one attached hydrogen (secondary N) is 1. The van der Waals surface area contributed by atoms with Gasteiger partial charge in [-0.2, -0.15) is 0 Å². The molecule has 3 nitrogen and oxygen atoms in total. The van der Waals surface area contributed by atoms with Crippen molar-refractivity contribution < 1.29 is 12.8 Å². The van der Waals surface area contributed by atoms with Crippen LogP contribution < -0.4 is 4.72 Å². The fourth-order valence-electron chi connectivity index (χ4n) is 2.94. The molecule has 1 aliphatic rings. The van der Waals surface area contributed by atoms with Gasteiger partial charge in [0.15, 0.2) is 0 Å². The molecule has 0 bridgehead atoms. The third-order valence-electron chi connectivity index (χ3n) is 4.42. The van der Waals surface area contributed by atoms with Gasteiger partial charge in [-0.15, -0.1) is 0 Å². The Labute approximate surface area is 130 Å². The summed E-state index contributed by atoms with van der Waals surface area (Å²) in [7, 11) is -3.83. The van der Waals surface area contributed by atoms with Gasteiger partial charge < -0.3 is 0 Å². The van der Waals surface area contributed by atoms with E-state index in [2.05, 4.69) is 4.72 Å². The van der Waals surface area contributed by atoms with Gasteiger partial charge in [-0.25, -0.2) is 17.5 Å². The number of rotatable bonds is 5. The minimum Gasteiger partial charge on any atom is -0.210 e. The minimum atomic E-state index is -3.83. The number of hydrogen-bond donors (Lipinski definition) is 1. The summed E-state index contributed by atoms with van der Waals surface area (Å²) >= 11 is 0. The lowest BCUT2D eigenvalue weighted by atomic mass is 9.64. The monoisotopic (exact) mass is 319 g/mol. The number of hydrogen-bond acceptors (Lipinski definition) is 2. The zero-order valence-electron chi connectivity index (χ0n) is 12.1. The van der Waals surface area contributed by atoms with Crippen LogP contribution in [-0.2, 0) is 15.4 Å². The highest BCUT2D eigenvalue weighted by atomic mass is 32.2. The standard InChI is InChI=1S/C17H18FNO2S/c18-15-9-4-5-10-16(15)22(20,21)19-13-17(11-6-12-17)14-7-2-1-3-8-14/h1-5,7-10,19H,6,11-13H2. The molecular weight excluding hydrogens is 301 g/mol. The van der Waals surface area contributed by atoms with Crippen molar-refractivity contribution in [1.82, 2.24) is 4.72 Å². The van der Waals surface area contributed by atoms with Gasteiger partial charge in [-0.3, -0.25) is 0 Å². The van der Waals surface area contributed by atoms with Crippen LogP contribution in [0, 0.1) is 5.82 Å². The van der Waals surface area contributed by atoms with Gasteiger partial charge in [-0.05, 0) is 30.5 Å². The summed E-state index contributed by atoms with van der Waals surface area (Å²) in [5.41, 5.74) is 0.969. The van der Waals surface area contributed by atoms with E-state index in [0.717, 1.165) is 30.9 Å². The van der Waals surface area contributed by atoms with E-state index in [1.807, 2.05) is 30.3 Å². The maximum atomic E-state index is 13.7. The highest BCUT2D eigenvalue weighted by Gasteiger charge is 2.39. The largest absolute Gasteiger partial charge is 0.243 e. The molecule has 0 aromatic heterocycles. The van der Waals surface area contributed by atoms with Crippen molar-refractivity contribution in [1.29, 1.82) is 0 Å². The topological polar surface area (TPSA) is 46.2 Å². The Morgan fingerprint density at radius 2 is 1.64 bits per heavy atom. The van der Waals surface area contributed by atoms with Crippen LogP contribution in [0.25, 0.3) is 0 Å². The maximum absolute atomic E-state index is 13.7. The molecular formula is C17H18FNO2S.